The van der Waals surface area contributed by atoms with E-state index in [4.69, 9.17) is 4.98 Å². The van der Waals surface area contributed by atoms with Crippen LogP contribution < -0.4 is 0 Å². The number of carbonyl (C=O) groups is 1. The number of hydrogen-bond donors (Lipinski definition) is 0. The molecule has 1 aliphatic rings. The zero-order valence-electron chi connectivity index (χ0n) is 17.9. The Morgan fingerprint density at radius 2 is 1.48 bits per heavy atom. The zero-order valence-corrected chi connectivity index (χ0v) is 18.8. The van der Waals surface area contributed by atoms with Crippen molar-refractivity contribution in [1.29, 1.82) is 0 Å². The first-order valence-electron chi connectivity index (χ1n) is 10.7. The highest BCUT2D eigenvalue weighted by atomic mass is 32.2. The molecule has 0 saturated carbocycles. The monoisotopic (exact) mass is 433 g/mol. The molecule has 0 spiro atoms. The van der Waals surface area contributed by atoms with Gasteiger partial charge in [0.05, 0.1) is 5.25 Å². The topological polar surface area (TPSA) is 62.2 Å². The van der Waals surface area contributed by atoms with Crippen LogP contribution in [0, 0.1) is 0 Å². The molecule has 2 aromatic carbocycles. The first kappa shape index (κ1) is 21.5. The van der Waals surface area contributed by atoms with Crippen molar-refractivity contribution in [2.45, 2.75) is 24.3 Å². The quantitative estimate of drug-likeness (QED) is 0.550. The molecule has 6 nitrogen and oxygen atoms in total. The van der Waals surface area contributed by atoms with Gasteiger partial charge in [0.25, 0.3) is 0 Å². The van der Waals surface area contributed by atoms with E-state index in [1.807, 2.05) is 72.5 Å². The van der Waals surface area contributed by atoms with Crippen molar-refractivity contribution in [1.82, 2.24) is 25.0 Å². The lowest BCUT2D eigenvalue weighted by molar-refractivity contribution is -0.132. The van der Waals surface area contributed by atoms with E-state index in [-0.39, 0.29) is 11.2 Å². The number of likely N-dealkylation sites (N-methyl/N-ethyl adjacent to an activating group) is 1. The first-order chi connectivity index (χ1) is 15.2. The van der Waals surface area contributed by atoms with Gasteiger partial charge in [-0.25, -0.2) is 4.98 Å². The summed E-state index contributed by atoms with van der Waals surface area (Å²) in [7, 11) is 0. The summed E-state index contributed by atoms with van der Waals surface area (Å²) in [6.45, 7) is 8.53. The minimum atomic E-state index is -0.263. The summed E-state index contributed by atoms with van der Waals surface area (Å²) in [6.07, 6.45) is 0. The van der Waals surface area contributed by atoms with E-state index in [1.54, 1.807) is 0 Å². The molecule has 1 unspecified atom stereocenters. The Kier molecular flexibility index (Phi) is 6.94. The summed E-state index contributed by atoms with van der Waals surface area (Å²) in [5, 5.41) is 9.12. The van der Waals surface area contributed by atoms with Gasteiger partial charge in [-0.15, -0.1) is 10.2 Å². The molecule has 3 aromatic rings. The van der Waals surface area contributed by atoms with Gasteiger partial charge in [-0.05, 0) is 13.5 Å². The fourth-order valence-electron chi connectivity index (χ4n) is 3.70. The number of rotatable bonds is 6. The van der Waals surface area contributed by atoms with Crippen LogP contribution in [0.15, 0.2) is 65.8 Å². The molecule has 1 fully saturated rings. The molecular weight excluding hydrogens is 406 g/mol. The van der Waals surface area contributed by atoms with Gasteiger partial charge in [0.15, 0.2) is 0 Å². The van der Waals surface area contributed by atoms with Crippen LogP contribution in [0.4, 0.5) is 0 Å². The number of nitrogens with zero attached hydrogens (tertiary/aromatic N) is 5. The average Bonchev–Trinajstić information content (AvgIpc) is 2.84. The van der Waals surface area contributed by atoms with Crippen LogP contribution in [-0.2, 0) is 4.79 Å². The summed E-state index contributed by atoms with van der Waals surface area (Å²) >= 11 is 1.38. The number of carbonyl (C=O) groups excluding carboxylic acids is 1. The van der Waals surface area contributed by atoms with Gasteiger partial charge in [-0.1, -0.05) is 79.3 Å². The number of thioether (sulfide) groups is 1. The molecule has 7 heteroatoms. The van der Waals surface area contributed by atoms with Gasteiger partial charge in [0.1, 0.15) is 11.4 Å². The van der Waals surface area contributed by atoms with Crippen molar-refractivity contribution in [2.24, 2.45) is 0 Å². The molecule has 1 aromatic heterocycles. The first-order valence-corrected chi connectivity index (χ1v) is 11.6. The maximum absolute atomic E-state index is 13.0. The molecule has 0 bridgehead atoms. The van der Waals surface area contributed by atoms with Crippen LogP contribution in [0.2, 0.25) is 0 Å². The van der Waals surface area contributed by atoms with Gasteiger partial charge in [-0.3, -0.25) is 4.79 Å². The lowest BCUT2D eigenvalue weighted by atomic mass is 10.0. The maximum atomic E-state index is 13.0. The van der Waals surface area contributed by atoms with Gasteiger partial charge < -0.3 is 9.80 Å². The lowest BCUT2D eigenvalue weighted by Crippen LogP contribution is -2.50. The van der Waals surface area contributed by atoms with E-state index < -0.39 is 0 Å². The Balaban J connectivity index is 1.56. The van der Waals surface area contributed by atoms with E-state index in [1.165, 1.54) is 11.8 Å². The molecular formula is C24H27N5OS. The fraction of sp³-hybridized carbons (Fsp3) is 0.333. The third-order valence-corrected chi connectivity index (χ3v) is 6.46. The minimum absolute atomic E-state index is 0.137. The van der Waals surface area contributed by atoms with E-state index >= 15 is 0 Å². The Morgan fingerprint density at radius 3 is 2.06 bits per heavy atom. The predicted octanol–water partition coefficient (Wildman–Crippen LogP) is 3.85. The molecule has 160 valence electrons. The van der Waals surface area contributed by atoms with Gasteiger partial charge in [0.2, 0.25) is 11.1 Å². The highest BCUT2D eigenvalue weighted by molar-refractivity contribution is 8.00. The van der Waals surface area contributed by atoms with Crippen LogP contribution in [0.3, 0.4) is 0 Å². The minimum Gasteiger partial charge on any atom is -0.339 e. The van der Waals surface area contributed by atoms with Crippen molar-refractivity contribution in [2.75, 3.05) is 32.7 Å². The van der Waals surface area contributed by atoms with Crippen molar-refractivity contribution in [3.05, 3.63) is 60.7 Å². The number of amides is 1. The van der Waals surface area contributed by atoms with Crippen molar-refractivity contribution in [3.63, 3.8) is 0 Å². The smallest absolute Gasteiger partial charge is 0.235 e. The molecule has 1 atom stereocenters. The third-order valence-electron chi connectivity index (χ3n) is 5.52. The van der Waals surface area contributed by atoms with Gasteiger partial charge in [-0.2, -0.15) is 0 Å². The molecule has 0 N–H and O–H groups in total. The fourth-order valence-corrected chi connectivity index (χ4v) is 4.50. The van der Waals surface area contributed by atoms with Crippen LogP contribution >= 0.6 is 11.8 Å². The molecule has 0 radical (unpaired) electrons. The summed E-state index contributed by atoms with van der Waals surface area (Å²) in [4.78, 5) is 22.1. The van der Waals surface area contributed by atoms with Crippen molar-refractivity contribution >= 4 is 17.7 Å². The zero-order chi connectivity index (χ0) is 21.6. The molecule has 1 saturated heterocycles. The van der Waals surface area contributed by atoms with E-state index in [2.05, 4.69) is 22.0 Å². The second-order valence-corrected chi connectivity index (χ2v) is 8.85. The third kappa shape index (κ3) is 5.11. The Hall–Kier alpha value is -2.77. The van der Waals surface area contributed by atoms with Crippen LogP contribution in [0.5, 0.6) is 0 Å². The number of piperazine rings is 1. The Labute approximate surface area is 187 Å². The highest BCUT2D eigenvalue weighted by Crippen LogP contribution is 2.31. The predicted molar refractivity (Wildman–Crippen MR) is 125 cm³/mol. The van der Waals surface area contributed by atoms with E-state index in [0.29, 0.717) is 5.16 Å². The van der Waals surface area contributed by atoms with Gasteiger partial charge in [0, 0.05) is 37.3 Å². The van der Waals surface area contributed by atoms with E-state index in [0.717, 1.165) is 55.2 Å². The summed E-state index contributed by atoms with van der Waals surface area (Å²) in [5.74, 6) is 0.137. The largest absolute Gasteiger partial charge is 0.339 e. The van der Waals surface area contributed by atoms with Crippen LogP contribution in [0.1, 0.15) is 13.8 Å². The van der Waals surface area contributed by atoms with Crippen molar-refractivity contribution in [3.8, 4) is 22.5 Å². The average molecular weight is 434 g/mol. The second kappa shape index (κ2) is 10.0. The van der Waals surface area contributed by atoms with Gasteiger partial charge >= 0.3 is 0 Å². The van der Waals surface area contributed by atoms with E-state index in [9.17, 15) is 4.79 Å². The van der Waals surface area contributed by atoms with Crippen LogP contribution in [-0.4, -0.2) is 68.9 Å². The molecule has 4 rings (SSSR count). The lowest BCUT2D eigenvalue weighted by Gasteiger charge is -2.35. The molecule has 1 aliphatic heterocycles. The Morgan fingerprint density at radius 1 is 0.903 bits per heavy atom. The molecule has 31 heavy (non-hydrogen) atoms. The summed E-state index contributed by atoms with van der Waals surface area (Å²) in [5.41, 5.74) is 3.47. The summed E-state index contributed by atoms with van der Waals surface area (Å²) in [6, 6.07) is 19.9. The molecule has 0 aliphatic carbocycles. The maximum Gasteiger partial charge on any atom is 0.235 e. The highest BCUT2D eigenvalue weighted by Gasteiger charge is 2.26. The van der Waals surface area contributed by atoms with Crippen molar-refractivity contribution < 1.29 is 4.79 Å². The second-order valence-electron chi connectivity index (χ2n) is 7.54. The SMILES string of the molecule is CCN1CCN(C(=O)C(C)Sc2nnc(-c3ccccc3)c(-c3ccccc3)n2)CC1. The van der Waals surface area contributed by atoms with Crippen LogP contribution in [0.25, 0.3) is 22.5 Å². The Bertz CT molecular complexity index is 1010. The summed E-state index contributed by atoms with van der Waals surface area (Å²) < 4.78 is 0. The molecule has 1 amide bonds. The standard InChI is InChI=1S/C24H27N5OS/c1-3-28-14-16-29(17-15-28)23(30)18(2)31-24-25-21(19-10-6-4-7-11-19)22(26-27-24)20-12-8-5-9-13-20/h4-13,18H,3,14-17H2,1-2H3. The number of aromatic nitrogens is 3. The molecule has 2 heterocycles. The normalized spacial score (nSPS) is 15.6. The number of hydrogen-bond acceptors (Lipinski definition) is 6. The number of benzene rings is 2.